The standard InChI is InChI=1S/C11H13NO5/c13-10(14)7-8-1-2-9(17-8)11(15)12-3-5-16-6-4-12/h1-2H,3-7H2,(H,13,14). The van der Waals surface area contributed by atoms with Gasteiger partial charge in [0.1, 0.15) is 12.2 Å². The molecule has 17 heavy (non-hydrogen) atoms. The van der Waals surface area contributed by atoms with E-state index in [1.807, 2.05) is 0 Å². The molecule has 0 bridgehead atoms. The van der Waals surface area contributed by atoms with Gasteiger partial charge in [-0.1, -0.05) is 0 Å². The van der Waals surface area contributed by atoms with Crippen LogP contribution in [0.2, 0.25) is 0 Å². The average Bonchev–Trinajstić information content (AvgIpc) is 2.77. The fraction of sp³-hybridized carbons (Fsp3) is 0.455. The molecule has 6 nitrogen and oxygen atoms in total. The van der Waals surface area contributed by atoms with Crippen molar-refractivity contribution >= 4 is 11.9 Å². The smallest absolute Gasteiger partial charge is 0.311 e. The molecule has 1 aliphatic heterocycles. The van der Waals surface area contributed by atoms with Crippen LogP contribution < -0.4 is 0 Å². The molecule has 1 aromatic rings. The summed E-state index contributed by atoms with van der Waals surface area (Å²) in [6, 6.07) is 3.03. The van der Waals surface area contributed by atoms with Crippen molar-refractivity contribution in [3.63, 3.8) is 0 Å². The van der Waals surface area contributed by atoms with Crippen LogP contribution in [-0.2, 0) is 16.0 Å². The molecule has 1 aromatic heterocycles. The van der Waals surface area contributed by atoms with Crippen molar-refractivity contribution in [1.82, 2.24) is 4.90 Å². The van der Waals surface area contributed by atoms with Crippen molar-refractivity contribution < 1.29 is 23.8 Å². The highest BCUT2D eigenvalue weighted by molar-refractivity contribution is 5.91. The van der Waals surface area contributed by atoms with Crippen LogP contribution >= 0.6 is 0 Å². The van der Waals surface area contributed by atoms with E-state index in [4.69, 9.17) is 14.3 Å². The Morgan fingerprint density at radius 2 is 2.00 bits per heavy atom. The van der Waals surface area contributed by atoms with Crippen molar-refractivity contribution in [1.29, 1.82) is 0 Å². The third-order valence-electron chi connectivity index (χ3n) is 2.50. The zero-order valence-electron chi connectivity index (χ0n) is 9.22. The summed E-state index contributed by atoms with van der Waals surface area (Å²) < 4.78 is 10.3. The Kier molecular flexibility index (Phi) is 3.43. The predicted molar refractivity (Wildman–Crippen MR) is 56.8 cm³/mol. The molecule has 0 aromatic carbocycles. The Hall–Kier alpha value is -1.82. The number of morpholine rings is 1. The third kappa shape index (κ3) is 2.85. The van der Waals surface area contributed by atoms with Gasteiger partial charge in [0.2, 0.25) is 0 Å². The monoisotopic (exact) mass is 239 g/mol. The summed E-state index contributed by atoms with van der Waals surface area (Å²) in [6.45, 7) is 2.12. The van der Waals surface area contributed by atoms with Crippen LogP contribution in [0.1, 0.15) is 16.3 Å². The van der Waals surface area contributed by atoms with Crippen LogP contribution in [0.5, 0.6) is 0 Å². The number of aliphatic carboxylic acids is 1. The molecule has 1 amide bonds. The summed E-state index contributed by atoms with van der Waals surface area (Å²) in [6.07, 6.45) is -0.212. The minimum Gasteiger partial charge on any atom is -0.481 e. The van der Waals surface area contributed by atoms with Crippen molar-refractivity contribution in [2.24, 2.45) is 0 Å². The number of hydrogen-bond donors (Lipinski definition) is 1. The first-order valence-electron chi connectivity index (χ1n) is 5.34. The van der Waals surface area contributed by atoms with Gasteiger partial charge in [-0.3, -0.25) is 9.59 Å². The average molecular weight is 239 g/mol. The van der Waals surface area contributed by atoms with E-state index in [0.717, 1.165) is 0 Å². The summed E-state index contributed by atoms with van der Waals surface area (Å²) in [5.74, 6) is -0.730. The van der Waals surface area contributed by atoms with Gasteiger partial charge in [-0.2, -0.15) is 0 Å². The number of rotatable bonds is 3. The van der Waals surface area contributed by atoms with E-state index >= 15 is 0 Å². The van der Waals surface area contributed by atoms with E-state index in [9.17, 15) is 9.59 Å². The lowest BCUT2D eigenvalue weighted by atomic mass is 10.3. The van der Waals surface area contributed by atoms with Crippen LogP contribution in [0.15, 0.2) is 16.5 Å². The van der Waals surface area contributed by atoms with E-state index < -0.39 is 5.97 Å². The van der Waals surface area contributed by atoms with Crippen molar-refractivity contribution in [2.75, 3.05) is 26.3 Å². The van der Waals surface area contributed by atoms with Crippen molar-refractivity contribution in [2.45, 2.75) is 6.42 Å². The highest BCUT2D eigenvalue weighted by atomic mass is 16.5. The Morgan fingerprint density at radius 1 is 1.29 bits per heavy atom. The number of carbonyl (C=O) groups excluding carboxylic acids is 1. The molecule has 92 valence electrons. The second-order valence-corrected chi connectivity index (χ2v) is 3.74. The predicted octanol–water partition coefficient (Wildman–Crippen LogP) is 0.379. The molecule has 1 aliphatic rings. The zero-order valence-corrected chi connectivity index (χ0v) is 9.22. The highest BCUT2D eigenvalue weighted by Gasteiger charge is 2.21. The number of hydrogen-bond acceptors (Lipinski definition) is 4. The SMILES string of the molecule is O=C(O)Cc1ccc(C(=O)N2CCOCC2)o1. The van der Waals surface area contributed by atoms with Gasteiger partial charge in [0.25, 0.3) is 5.91 Å². The summed E-state index contributed by atoms with van der Waals surface area (Å²) in [4.78, 5) is 24.0. The molecule has 0 saturated carbocycles. The fourth-order valence-electron chi connectivity index (χ4n) is 1.66. The Labute approximate surface area is 97.8 Å². The van der Waals surface area contributed by atoms with E-state index in [2.05, 4.69) is 0 Å². The second kappa shape index (κ2) is 5.01. The van der Waals surface area contributed by atoms with Crippen molar-refractivity contribution in [3.05, 3.63) is 23.7 Å². The number of furan rings is 1. The van der Waals surface area contributed by atoms with Gasteiger partial charge < -0.3 is 19.2 Å². The number of nitrogens with zero attached hydrogens (tertiary/aromatic N) is 1. The quantitative estimate of drug-likeness (QED) is 0.824. The Morgan fingerprint density at radius 3 is 2.65 bits per heavy atom. The lowest BCUT2D eigenvalue weighted by Gasteiger charge is -2.25. The lowest BCUT2D eigenvalue weighted by molar-refractivity contribution is -0.136. The van der Waals surface area contributed by atoms with Crippen LogP contribution in [0, 0.1) is 0 Å². The second-order valence-electron chi connectivity index (χ2n) is 3.74. The number of carboxylic acids is 1. The Balaban J connectivity index is 2.03. The van der Waals surface area contributed by atoms with E-state index in [0.29, 0.717) is 26.3 Å². The molecule has 0 unspecified atom stereocenters. The molecule has 6 heteroatoms. The third-order valence-corrected chi connectivity index (χ3v) is 2.50. The number of carboxylic acid groups (broad SMARTS) is 1. The van der Waals surface area contributed by atoms with Crippen LogP contribution in [0.25, 0.3) is 0 Å². The lowest BCUT2D eigenvalue weighted by Crippen LogP contribution is -2.40. The van der Waals surface area contributed by atoms with Crippen LogP contribution in [-0.4, -0.2) is 48.2 Å². The maximum Gasteiger partial charge on any atom is 0.311 e. The normalized spacial score (nSPS) is 15.9. The molecule has 0 atom stereocenters. The molecule has 0 radical (unpaired) electrons. The van der Waals surface area contributed by atoms with E-state index in [1.54, 1.807) is 4.90 Å². The van der Waals surface area contributed by atoms with Gasteiger partial charge in [-0.05, 0) is 12.1 Å². The summed E-state index contributed by atoms with van der Waals surface area (Å²) in [5.41, 5.74) is 0. The van der Waals surface area contributed by atoms with E-state index in [1.165, 1.54) is 12.1 Å². The Bertz CT molecular complexity index is 419. The fourth-order valence-corrected chi connectivity index (χ4v) is 1.66. The van der Waals surface area contributed by atoms with Crippen molar-refractivity contribution in [3.8, 4) is 0 Å². The topological polar surface area (TPSA) is 80.0 Å². The molecular weight excluding hydrogens is 226 g/mol. The molecule has 2 heterocycles. The van der Waals surface area contributed by atoms with Gasteiger partial charge in [0.05, 0.1) is 13.2 Å². The minimum absolute atomic E-state index is 0.183. The molecular formula is C11H13NO5. The van der Waals surface area contributed by atoms with Gasteiger partial charge in [-0.25, -0.2) is 0 Å². The zero-order chi connectivity index (χ0) is 12.3. The number of carbonyl (C=O) groups is 2. The number of ether oxygens (including phenoxy) is 1. The minimum atomic E-state index is -0.982. The molecule has 1 fully saturated rings. The first-order chi connectivity index (χ1) is 8.16. The maximum absolute atomic E-state index is 11.9. The molecule has 1 N–H and O–H groups in total. The molecule has 0 aliphatic carbocycles. The van der Waals surface area contributed by atoms with Gasteiger partial charge in [0.15, 0.2) is 5.76 Å². The highest BCUT2D eigenvalue weighted by Crippen LogP contribution is 2.12. The van der Waals surface area contributed by atoms with Gasteiger partial charge in [0, 0.05) is 13.1 Å². The number of amides is 1. The molecule has 0 spiro atoms. The maximum atomic E-state index is 11.9. The first-order valence-corrected chi connectivity index (χ1v) is 5.34. The molecule has 1 saturated heterocycles. The summed E-state index contributed by atoms with van der Waals surface area (Å²) >= 11 is 0. The van der Waals surface area contributed by atoms with E-state index in [-0.39, 0.29) is 23.8 Å². The first kappa shape index (κ1) is 11.7. The summed E-state index contributed by atoms with van der Waals surface area (Å²) in [7, 11) is 0. The largest absolute Gasteiger partial charge is 0.481 e. The molecule has 2 rings (SSSR count). The summed E-state index contributed by atoms with van der Waals surface area (Å²) in [5, 5.41) is 8.59. The van der Waals surface area contributed by atoms with Gasteiger partial charge >= 0.3 is 5.97 Å². The van der Waals surface area contributed by atoms with Crippen LogP contribution in [0.4, 0.5) is 0 Å². The van der Waals surface area contributed by atoms with Crippen LogP contribution in [0.3, 0.4) is 0 Å². The van der Waals surface area contributed by atoms with Gasteiger partial charge in [-0.15, -0.1) is 0 Å².